The summed E-state index contributed by atoms with van der Waals surface area (Å²) in [5.74, 6) is 1.06. The monoisotopic (exact) mass is 365 g/mol. The number of carbonyl (C=O) groups is 1. The molecule has 0 radical (unpaired) electrons. The van der Waals surface area contributed by atoms with Crippen LogP contribution in [0.4, 0.5) is 5.69 Å². The van der Waals surface area contributed by atoms with E-state index in [9.17, 15) is 4.79 Å². The van der Waals surface area contributed by atoms with E-state index in [1.165, 1.54) is 0 Å². The molecule has 2 aromatic heterocycles. The van der Waals surface area contributed by atoms with Crippen LogP contribution in [0.1, 0.15) is 30.6 Å². The van der Waals surface area contributed by atoms with Gasteiger partial charge in [0.2, 0.25) is 0 Å². The molecule has 0 unspecified atom stereocenters. The number of pyridine rings is 1. The molecule has 6 heteroatoms. The van der Waals surface area contributed by atoms with E-state index in [1.807, 2.05) is 30.5 Å². The lowest BCUT2D eigenvalue weighted by molar-refractivity contribution is 0.0526. The molecule has 2 heterocycles. The van der Waals surface area contributed by atoms with Gasteiger partial charge in [0.15, 0.2) is 0 Å². The maximum atomic E-state index is 11.9. The molecule has 0 spiro atoms. The van der Waals surface area contributed by atoms with Gasteiger partial charge in [0.1, 0.15) is 11.6 Å². The number of nitrogen functional groups attached to an aromatic ring is 1. The van der Waals surface area contributed by atoms with E-state index in [4.69, 9.17) is 15.2 Å². The minimum atomic E-state index is -0.371. The number of hydrogen-bond donors (Lipinski definition) is 1. The van der Waals surface area contributed by atoms with E-state index in [-0.39, 0.29) is 5.97 Å². The smallest absolute Gasteiger partial charge is 0.338 e. The van der Waals surface area contributed by atoms with Gasteiger partial charge in [-0.15, -0.1) is 0 Å². The van der Waals surface area contributed by atoms with E-state index in [2.05, 4.69) is 11.9 Å². The number of hydrogen-bond acceptors (Lipinski definition) is 5. The molecule has 0 amide bonds. The first-order valence-electron chi connectivity index (χ1n) is 8.96. The molecular weight excluding hydrogens is 342 g/mol. The van der Waals surface area contributed by atoms with Crippen LogP contribution in [0, 0.1) is 0 Å². The molecule has 0 bridgehead atoms. The first-order valence-corrected chi connectivity index (χ1v) is 8.96. The van der Waals surface area contributed by atoms with Crippen molar-refractivity contribution in [3.05, 3.63) is 60.6 Å². The molecular formula is C21H23N3O3. The largest absolute Gasteiger partial charge is 0.494 e. The molecule has 0 aliphatic carbocycles. The van der Waals surface area contributed by atoms with Crippen LogP contribution in [-0.4, -0.2) is 28.7 Å². The number of esters is 1. The van der Waals surface area contributed by atoms with Crippen LogP contribution in [0.5, 0.6) is 5.75 Å². The third kappa shape index (κ3) is 4.28. The maximum Gasteiger partial charge on any atom is 0.338 e. The van der Waals surface area contributed by atoms with Crippen molar-refractivity contribution in [1.29, 1.82) is 0 Å². The predicted octanol–water partition coefficient (Wildman–Crippen LogP) is 4.09. The summed E-state index contributed by atoms with van der Waals surface area (Å²) in [5.41, 5.74) is 9.15. The van der Waals surface area contributed by atoms with Crippen LogP contribution in [0.25, 0.3) is 16.9 Å². The topological polar surface area (TPSA) is 79.4 Å². The number of benzene rings is 1. The number of ether oxygens (including phenoxy) is 2. The number of carbonyl (C=O) groups excluding carboxylic acids is 1. The molecule has 3 aromatic rings. The Balaban J connectivity index is 1.86. The fraction of sp³-hybridized carbons (Fsp3) is 0.238. The average Bonchev–Trinajstić information content (AvgIpc) is 3.09. The van der Waals surface area contributed by atoms with Gasteiger partial charge in [0.25, 0.3) is 0 Å². The second-order valence-electron chi connectivity index (χ2n) is 6.03. The summed E-state index contributed by atoms with van der Waals surface area (Å²) >= 11 is 0. The van der Waals surface area contributed by atoms with E-state index in [0.29, 0.717) is 30.3 Å². The van der Waals surface area contributed by atoms with Gasteiger partial charge < -0.3 is 19.8 Å². The summed E-state index contributed by atoms with van der Waals surface area (Å²) in [5, 5.41) is 0. The van der Waals surface area contributed by atoms with E-state index in [0.717, 1.165) is 23.3 Å². The van der Waals surface area contributed by atoms with Crippen LogP contribution in [0.15, 0.2) is 55.0 Å². The first kappa shape index (κ1) is 18.5. The lowest BCUT2D eigenvalue weighted by atomic mass is 10.1. The van der Waals surface area contributed by atoms with Crippen molar-refractivity contribution in [2.45, 2.75) is 20.3 Å². The lowest BCUT2D eigenvalue weighted by Crippen LogP contribution is -2.06. The highest BCUT2D eigenvalue weighted by atomic mass is 16.5. The molecule has 1 aromatic carbocycles. The lowest BCUT2D eigenvalue weighted by Gasteiger charge is -2.06. The van der Waals surface area contributed by atoms with Gasteiger partial charge in [-0.25, -0.2) is 9.78 Å². The number of aromatic nitrogens is 2. The van der Waals surface area contributed by atoms with E-state index in [1.54, 1.807) is 36.0 Å². The van der Waals surface area contributed by atoms with Crippen molar-refractivity contribution in [3.8, 4) is 22.7 Å². The van der Waals surface area contributed by atoms with Crippen molar-refractivity contribution >= 4 is 11.7 Å². The molecule has 0 saturated heterocycles. The fourth-order valence-electron chi connectivity index (χ4n) is 2.70. The first-order chi connectivity index (χ1) is 13.1. The molecule has 27 heavy (non-hydrogen) atoms. The van der Waals surface area contributed by atoms with Crippen molar-refractivity contribution in [2.24, 2.45) is 0 Å². The van der Waals surface area contributed by atoms with Crippen LogP contribution < -0.4 is 10.5 Å². The van der Waals surface area contributed by atoms with Gasteiger partial charge in [-0.1, -0.05) is 19.1 Å². The summed E-state index contributed by atoms with van der Waals surface area (Å²) in [4.78, 5) is 16.3. The van der Waals surface area contributed by atoms with E-state index >= 15 is 0 Å². The molecule has 0 aliphatic heterocycles. The maximum absolute atomic E-state index is 11.9. The van der Waals surface area contributed by atoms with Crippen molar-refractivity contribution in [2.75, 3.05) is 18.9 Å². The van der Waals surface area contributed by atoms with Crippen molar-refractivity contribution < 1.29 is 14.3 Å². The molecule has 0 saturated carbocycles. The third-order valence-electron chi connectivity index (χ3n) is 4.02. The Kier molecular flexibility index (Phi) is 5.76. The third-order valence-corrected chi connectivity index (χ3v) is 4.02. The SMILES string of the molecule is CCCOc1ccc(-c2cn(-c3cc(C(=O)OCC)ccn3)cc2N)cc1. The summed E-state index contributed by atoms with van der Waals surface area (Å²) in [7, 11) is 0. The van der Waals surface area contributed by atoms with Crippen LogP contribution >= 0.6 is 0 Å². The summed E-state index contributed by atoms with van der Waals surface area (Å²) in [6, 6.07) is 11.1. The van der Waals surface area contributed by atoms with Crippen molar-refractivity contribution in [1.82, 2.24) is 9.55 Å². The highest BCUT2D eigenvalue weighted by Crippen LogP contribution is 2.29. The number of anilines is 1. The van der Waals surface area contributed by atoms with Gasteiger partial charge in [-0.3, -0.25) is 0 Å². The Morgan fingerprint density at radius 2 is 1.93 bits per heavy atom. The Bertz CT molecular complexity index is 917. The van der Waals surface area contributed by atoms with E-state index < -0.39 is 0 Å². The minimum absolute atomic E-state index is 0.328. The van der Waals surface area contributed by atoms with Gasteiger partial charge in [-0.05, 0) is 43.2 Å². The Morgan fingerprint density at radius 1 is 1.15 bits per heavy atom. The Morgan fingerprint density at radius 3 is 2.63 bits per heavy atom. The zero-order valence-corrected chi connectivity index (χ0v) is 15.5. The minimum Gasteiger partial charge on any atom is -0.494 e. The molecule has 6 nitrogen and oxygen atoms in total. The van der Waals surface area contributed by atoms with Crippen LogP contribution in [-0.2, 0) is 4.74 Å². The Labute approximate surface area is 158 Å². The van der Waals surface area contributed by atoms with Crippen molar-refractivity contribution in [3.63, 3.8) is 0 Å². The zero-order chi connectivity index (χ0) is 19.2. The van der Waals surface area contributed by atoms with Gasteiger partial charge in [0.05, 0.1) is 24.5 Å². The molecule has 140 valence electrons. The highest BCUT2D eigenvalue weighted by molar-refractivity contribution is 5.89. The molecule has 2 N–H and O–H groups in total. The number of nitrogens with zero attached hydrogens (tertiary/aromatic N) is 2. The molecule has 3 rings (SSSR count). The summed E-state index contributed by atoms with van der Waals surface area (Å²) < 4.78 is 12.5. The highest BCUT2D eigenvalue weighted by Gasteiger charge is 2.12. The predicted molar refractivity (Wildman–Crippen MR) is 105 cm³/mol. The van der Waals surface area contributed by atoms with Gasteiger partial charge in [0, 0.05) is 24.2 Å². The van der Waals surface area contributed by atoms with Gasteiger partial charge in [-0.2, -0.15) is 0 Å². The van der Waals surface area contributed by atoms with Crippen LogP contribution in [0.2, 0.25) is 0 Å². The Hall–Kier alpha value is -3.28. The fourth-order valence-corrected chi connectivity index (χ4v) is 2.70. The molecule has 0 atom stereocenters. The average molecular weight is 365 g/mol. The second-order valence-corrected chi connectivity index (χ2v) is 6.03. The van der Waals surface area contributed by atoms with Crippen LogP contribution in [0.3, 0.4) is 0 Å². The zero-order valence-electron chi connectivity index (χ0n) is 15.5. The summed E-state index contributed by atoms with van der Waals surface area (Å²) in [6.45, 7) is 4.87. The normalized spacial score (nSPS) is 10.6. The number of rotatable bonds is 7. The second kappa shape index (κ2) is 8.40. The molecule has 0 aliphatic rings. The quantitative estimate of drug-likeness (QED) is 0.638. The van der Waals surface area contributed by atoms with Gasteiger partial charge >= 0.3 is 5.97 Å². The molecule has 0 fully saturated rings. The summed E-state index contributed by atoms with van der Waals surface area (Å²) in [6.07, 6.45) is 6.23. The standard InChI is InChI=1S/C21H23N3O3/c1-3-11-27-17-7-5-15(6-8-17)18-13-24(14-19(18)22)20-12-16(9-10-23-20)21(25)26-4-2/h5-10,12-14H,3-4,11,22H2,1-2H3. The number of nitrogens with two attached hydrogens (primary N) is 1.